The number of nitrogens with two attached hydrogens (primary N) is 1. The van der Waals surface area contributed by atoms with Crippen LogP contribution < -0.4 is 5.73 Å². The molecule has 1 aromatic rings. The van der Waals surface area contributed by atoms with Crippen LogP contribution in [0.4, 0.5) is 0 Å². The third-order valence-corrected chi connectivity index (χ3v) is 3.27. The molecule has 5 heteroatoms. The highest BCUT2D eigenvalue weighted by atomic mass is 79.9. The maximum absolute atomic E-state index is 11.8. The molecule has 0 radical (unpaired) electrons. The van der Waals surface area contributed by atoms with E-state index in [1.807, 2.05) is 24.3 Å². The van der Waals surface area contributed by atoms with Gasteiger partial charge in [-0.2, -0.15) is 0 Å². The number of carbonyl (C=O) groups is 1. The molecule has 0 aliphatic carbocycles. The van der Waals surface area contributed by atoms with E-state index in [1.165, 1.54) is 0 Å². The molecule has 1 heterocycles. The lowest BCUT2D eigenvalue weighted by Crippen LogP contribution is -2.49. The highest BCUT2D eigenvalue weighted by molar-refractivity contribution is 9.10. The Hall–Kier alpha value is -0.910. The number of benzene rings is 1. The van der Waals surface area contributed by atoms with Gasteiger partial charge in [0, 0.05) is 17.5 Å². The Morgan fingerprint density at radius 2 is 2.18 bits per heavy atom. The molecule has 0 saturated carbocycles. The summed E-state index contributed by atoms with van der Waals surface area (Å²) in [6.07, 6.45) is 0.520. The zero-order valence-corrected chi connectivity index (χ0v) is 10.9. The van der Waals surface area contributed by atoms with Gasteiger partial charge in [-0.1, -0.05) is 28.1 Å². The quantitative estimate of drug-likeness (QED) is 0.862. The summed E-state index contributed by atoms with van der Waals surface area (Å²) in [5.41, 5.74) is 5.86. The molecule has 1 aromatic carbocycles. The minimum atomic E-state index is -0.963. The summed E-state index contributed by atoms with van der Waals surface area (Å²) >= 11 is 3.34. The van der Waals surface area contributed by atoms with E-state index in [4.69, 9.17) is 15.2 Å². The number of esters is 1. The molecule has 1 aliphatic heterocycles. The second kappa shape index (κ2) is 5.16. The molecule has 2 N–H and O–H groups in total. The fraction of sp³-hybridized carbons (Fsp3) is 0.417. The number of ether oxygens (including phenoxy) is 2. The Kier molecular flexibility index (Phi) is 3.81. The summed E-state index contributed by atoms with van der Waals surface area (Å²) in [5, 5.41) is 0. The molecular formula is C12H14BrNO3. The predicted molar refractivity (Wildman–Crippen MR) is 66.3 cm³/mol. The SMILES string of the molecule is NC1(C(=O)OCc2ccc(Br)cc2)CCOC1. The highest BCUT2D eigenvalue weighted by Crippen LogP contribution is 2.18. The lowest BCUT2D eigenvalue weighted by atomic mass is 10.0. The fourth-order valence-electron chi connectivity index (χ4n) is 1.61. The summed E-state index contributed by atoms with van der Waals surface area (Å²) in [4.78, 5) is 11.8. The first-order chi connectivity index (χ1) is 8.10. The number of halogens is 1. The minimum Gasteiger partial charge on any atom is -0.459 e. The van der Waals surface area contributed by atoms with E-state index in [1.54, 1.807) is 0 Å². The number of carbonyl (C=O) groups excluding carboxylic acids is 1. The topological polar surface area (TPSA) is 61.6 Å². The minimum absolute atomic E-state index is 0.241. The van der Waals surface area contributed by atoms with Gasteiger partial charge in [-0.3, -0.25) is 0 Å². The molecule has 0 bridgehead atoms. The van der Waals surface area contributed by atoms with Crippen LogP contribution in [0.15, 0.2) is 28.7 Å². The molecule has 1 saturated heterocycles. The average Bonchev–Trinajstić information content (AvgIpc) is 2.76. The lowest BCUT2D eigenvalue weighted by Gasteiger charge is -2.19. The van der Waals surface area contributed by atoms with E-state index in [9.17, 15) is 4.79 Å². The van der Waals surface area contributed by atoms with E-state index < -0.39 is 11.5 Å². The maximum atomic E-state index is 11.8. The molecule has 1 fully saturated rings. The first-order valence-corrected chi connectivity index (χ1v) is 6.18. The summed E-state index contributed by atoms with van der Waals surface area (Å²) in [6.45, 7) is 1.00. The van der Waals surface area contributed by atoms with Gasteiger partial charge < -0.3 is 15.2 Å². The van der Waals surface area contributed by atoms with Gasteiger partial charge in [0.2, 0.25) is 0 Å². The van der Waals surface area contributed by atoms with Gasteiger partial charge in [-0.25, -0.2) is 4.79 Å². The van der Waals surface area contributed by atoms with E-state index >= 15 is 0 Å². The van der Waals surface area contributed by atoms with Crippen molar-refractivity contribution in [3.05, 3.63) is 34.3 Å². The Morgan fingerprint density at radius 1 is 1.47 bits per heavy atom. The molecule has 0 amide bonds. The molecule has 1 unspecified atom stereocenters. The molecule has 92 valence electrons. The third-order valence-electron chi connectivity index (χ3n) is 2.74. The van der Waals surface area contributed by atoms with Crippen molar-refractivity contribution in [3.8, 4) is 0 Å². The van der Waals surface area contributed by atoms with Crippen LogP contribution >= 0.6 is 15.9 Å². The smallest absolute Gasteiger partial charge is 0.328 e. The molecule has 2 rings (SSSR count). The van der Waals surface area contributed by atoms with Gasteiger partial charge in [0.15, 0.2) is 0 Å². The molecule has 4 nitrogen and oxygen atoms in total. The van der Waals surface area contributed by atoms with Crippen LogP contribution in [0, 0.1) is 0 Å². The van der Waals surface area contributed by atoms with E-state index in [0.29, 0.717) is 13.0 Å². The van der Waals surface area contributed by atoms with Crippen molar-refractivity contribution in [3.63, 3.8) is 0 Å². The lowest BCUT2D eigenvalue weighted by molar-refractivity contribution is -0.151. The van der Waals surface area contributed by atoms with Crippen molar-refractivity contribution in [1.82, 2.24) is 0 Å². The fourth-order valence-corrected chi connectivity index (χ4v) is 1.88. The summed E-state index contributed by atoms with van der Waals surface area (Å²) < 4.78 is 11.3. The van der Waals surface area contributed by atoms with Crippen LogP contribution in [0.2, 0.25) is 0 Å². The van der Waals surface area contributed by atoms with Crippen molar-refractivity contribution < 1.29 is 14.3 Å². The van der Waals surface area contributed by atoms with Crippen molar-refractivity contribution in [2.75, 3.05) is 13.2 Å². The summed E-state index contributed by atoms with van der Waals surface area (Å²) in [6, 6.07) is 7.59. The van der Waals surface area contributed by atoms with Crippen LogP contribution in [0.25, 0.3) is 0 Å². The number of hydrogen-bond donors (Lipinski definition) is 1. The summed E-state index contributed by atoms with van der Waals surface area (Å²) in [7, 11) is 0. The van der Waals surface area contributed by atoms with Crippen LogP contribution in [0.1, 0.15) is 12.0 Å². The largest absolute Gasteiger partial charge is 0.459 e. The highest BCUT2D eigenvalue weighted by Gasteiger charge is 2.39. The second-order valence-corrected chi connectivity index (χ2v) is 5.08. The van der Waals surface area contributed by atoms with Gasteiger partial charge in [-0.15, -0.1) is 0 Å². The molecule has 1 aliphatic rings. The molecular weight excluding hydrogens is 286 g/mol. The van der Waals surface area contributed by atoms with Crippen LogP contribution in [0.5, 0.6) is 0 Å². The monoisotopic (exact) mass is 299 g/mol. The third kappa shape index (κ3) is 3.06. The van der Waals surface area contributed by atoms with Crippen LogP contribution in [-0.4, -0.2) is 24.7 Å². The second-order valence-electron chi connectivity index (χ2n) is 4.16. The van der Waals surface area contributed by atoms with E-state index in [-0.39, 0.29) is 13.2 Å². The van der Waals surface area contributed by atoms with Crippen LogP contribution in [-0.2, 0) is 20.9 Å². The van der Waals surface area contributed by atoms with Crippen molar-refractivity contribution in [2.24, 2.45) is 5.73 Å². The standard InChI is InChI=1S/C12H14BrNO3/c13-10-3-1-9(2-4-10)7-17-11(15)12(14)5-6-16-8-12/h1-4H,5-8,14H2. The zero-order valence-electron chi connectivity index (χ0n) is 9.32. The van der Waals surface area contributed by atoms with Crippen molar-refractivity contribution in [2.45, 2.75) is 18.6 Å². The van der Waals surface area contributed by atoms with Gasteiger partial charge in [0.1, 0.15) is 12.1 Å². The predicted octanol–water partition coefficient (Wildman–Crippen LogP) is 1.61. The first-order valence-electron chi connectivity index (χ1n) is 5.38. The molecule has 1 atom stereocenters. The van der Waals surface area contributed by atoms with E-state index in [0.717, 1.165) is 10.0 Å². The average molecular weight is 300 g/mol. The number of hydrogen-bond acceptors (Lipinski definition) is 4. The Labute approximate surface area is 108 Å². The summed E-state index contributed by atoms with van der Waals surface area (Å²) in [5.74, 6) is -0.391. The number of rotatable bonds is 3. The normalized spacial score (nSPS) is 23.6. The van der Waals surface area contributed by atoms with E-state index in [2.05, 4.69) is 15.9 Å². The van der Waals surface area contributed by atoms with Gasteiger partial charge in [0.25, 0.3) is 0 Å². The van der Waals surface area contributed by atoms with Crippen molar-refractivity contribution in [1.29, 1.82) is 0 Å². The zero-order chi connectivity index (χ0) is 12.3. The molecule has 0 aromatic heterocycles. The van der Waals surface area contributed by atoms with Gasteiger partial charge >= 0.3 is 5.97 Å². The Bertz CT molecular complexity index is 399. The van der Waals surface area contributed by atoms with Crippen molar-refractivity contribution >= 4 is 21.9 Å². The van der Waals surface area contributed by atoms with Crippen LogP contribution in [0.3, 0.4) is 0 Å². The van der Waals surface area contributed by atoms with Gasteiger partial charge in [-0.05, 0) is 17.7 Å². The first kappa shape index (κ1) is 12.5. The Morgan fingerprint density at radius 3 is 2.76 bits per heavy atom. The Balaban J connectivity index is 1.89. The maximum Gasteiger partial charge on any atom is 0.328 e. The molecule has 0 spiro atoms. The molecule has 17 heavy (non-hydrogen) atoms. The van der Waals surface area contributed by atoms with Gasteiger partial charge in [0.05, 0.1) is 6.61 Å².